The van der Waals surface area contributed by atoms with E-state index in [1.807, 2.05) is 25.1 Å². The molecule has 0 aromatic heterocycles. The van der Waals surface area contributed by atoms with Gasteiger partial charge in [-0.15, -0.1) is 0 Å². The van der Waals surface area contributed by atoms with E-state index < -0.39 is 0 Å². The zero-order valence-electron chi connectivity index (χ0n) is 10.5. The molecule has 2 heteroatoms. The third kappa shape index (κ3) is 2.41. The van der Waals surface area contributed by atoms with Crippen LogP contribution in [0.25, 0.3) is 0 Å². The maximum atomic E-state index is 6.05. The Labute approximate surface area is 102 Å². The van der Waals surface area contributed by atoms with Crippen LogP contribution < -0.4 is 11.1 Å². The number of hydrogen-bond donors (Lipinski definition) is 2. The zero-order valence-corrected chi connectivity index (χ0v) is 10.5. The van der Waals surface area contributed by atoms with Gasteiger partial charge in [-0.3, -0.25) is 0 Å². The Morgan fingerprint density at radius 2 is 1.65 bits per heavy atom. The van der Waals surface area contributed by atoms with E-state index in [0.717, 1.165) is 22.6 Å². The summed E-state index contributed by atoms with van der Waals surface area (Å²) < 4.78 is 0. The van der Waals surface area contributed by atoms with Crippen molar-refractivity contribution in [3.8, 4) is 0 Å². The van der Waals surface area contributed by atoms with E-state index in [-0.39, 0.29) is 0 Å². The summed E-state index contributed by atoms with van der Waals surface area (Å²) in [4.78, 5) is 0. The summed E-state index contributed by atoms with van der Waals surface area (Å²) in [5, 5.41) is 3.38. The molecule has 0 unspecified atom stereocenters. The lowest BCUT2D eigenvalue weighted by Crippen LogP contribution is -1.99. The lowest BCUT2D eigenvalue weighted by molar-refractivity contribution is 1.36. The van der Waals surface area contributed by atoms with E-state index in [9.17, 15) is 0 Å². The standard InChI is InChI=1S/C15H18N2/c1-10-7-8-13(12(3)9-10)17-14-6-4-5-11(2)15(14)16/h4-9,17H,16H2,1-3H3. The first-order chi connectivity index (χ1) is 8.08. The largest absolute Gasteiger partial charge is 0.397 e. The molecule has 3 N–H and O–H groups in total. The van der Waals surface area contributed by atoms with Crippen molar-refractivity contribution in [3.05, 3.63) is 53.1 Å². The molecule has 88 valence electrons. The maximum absolute atomic E-state index is 6.05. The van der Waals surface area contributed by atoms with Gasteiger partial charge in [0.15, 0.2) is 0 Å². The third-order valence-electron chi connectivity index (χ3n) is 2.98. The first-order valence-electron chi connectivity index (χ1n) is 5.77. The van der Waals surface area contributed by atoms with Gasteiger partial charge in [0, 0.05) is 5.69 Å². The van der Waals surface area contributed by atoms with Gasteiger partial charge in [0.2, 0.25) is 0 Å². The summed E-state index contributed by atoms with van der Waals surface area (Å²) in [6, 6.07) is 12.4. The second kappa shape index (κ2) is 4.50. The number of nitrogens with one attached hydrogen (secondary N) is 1. The summed E-state index contributed by atoms with van der Waals surface area (Å²) >= 11 is 0. The molecule has 0 saturated carbocycles. The Bertz CT molecular complexity index is 545. The number of nitrogens with two attached hydrogens (primary N) is 1. The van der Waals surface area contributed by atoms with Crippen LogP contribution in [-0.4, -0.2) is 0 Å². The number of aryl methyl sites for hydroxylation is 3. The summed E-state index contributed by atoms with van der Waals surface area (Å²) in [7, 11) is 0. The second-order valence-electron chi connectivity index (χ2n) is 4.48. The van der Waals surface area contributed by atoms with Crippen molar-refractivity contribution in [2.75, 3.05) is 11.1 Å². The van der Waals surface area contributed by atoms with Crippen LogP contribution in [0.1, 0.15) is 16.7 Å². The molecule has 0 radical (unpaired) electrons. The number of nitrogen functional groups attached to an aromatic ring is 1. The van der Waals surface area contributed by atoms with E-state index in [1.54, 1.807) is 0 Å². The molecule has 0 aliphatic carbocycles. The molecule has 0 amide bonds. The van der Waals surface area contributed by atoms with Crippen LogP contribution in [0.3, 0.4) is 0 Å². The third-order valence-corrected chi connectivity index (χ3v) is 2.98. The average molecular weight is 226 g/mol. The van der Waals surface area contributed by atoms with Gasteiger partial charge in [0.05, 0.1) is 11.4 Å². The zero-order chi connectivity index (χ0) is 12.4. The van der Waals surface area contributed by atoms with Crippen LogP contribution in [-0.2, 0) is 0 Å². The maximum Gasteiger partial charge on any atom is 0.0620 e. The molecule has 0 fully saturated rings. The normalized spacial score (nSPS) is 10.3. The van der Waals surface area contributed by atoms with Crippen LogP contribution in [0.5, 0.6) is 0 Å². The van der Waals surface area contributed by atoms with Crippen molar-refractivity contribution in [1.29, 1.82) is 0 Å². The number of para-hydroxylation sites is 1. The van der Waals surface area contributed by atoms with Gasteiger partial charge in [-0.05, 0) is 44.0 Å². The highest BCUT2D eigenvalue weighted by Crippen LogP contribution is 2.27. The van der Waals surface area contributed by atoms with Gasteiger partial charge in [-0.2, -0.15) is 0 Å². The lowest BCUT2D eigenvalue weighted by Gasteiger charge is -2.13. The fourth-order valence-corrected chi connectivity index (χ4v) is 1.89. The highest BCUT2D eigenvalue weighted by Gasteiger charge is 2.03. The molecular formula is C15H18N2. The van der Waals surface area contributed by atoms with Crippen LogP contribution in [0.4, 0.5) is 17.1 Å². The van der Waals surface area contributed by atoms with Gasteiger partial charge < -0.3 is 11.1 Å². The van der Waals surface area contributed by atoms with Gasteiger partial charge in [-0.25, -0.2) is 0 Å². The van der Waals surface area contributed by atoms with Crippen molar-refractivity contribution in [2.24, 2.45) is 0 Å². The molecule has 2 aromatic carbocycles. The van der Waals surface area contributed by atoms with Crippen molar-refractivity contribution in [3.63, 3.8) is 0 Å². The highest BCUT2D eigenvalue weighted by molar-refractivity contribution is 5.76. The minimum absolute atomic E-state index is 0.812. The quantitative estimate of drug-likeness (QED) is 0.761. The van der Waals surface area contributed by atoms with E-state index in [1.165, 1.54) is 11.1 Å². The van der Waals surface area contributed by atoms with E-state index in [4.69, 9.17) is 5.73 Å². The van der Waals surface area contributed by atoms with E-state index in [2.05, 4.69) is 37.4 Å². The molecule has 0 heterocycles. The first-order valence-corrected chi connectivity index (χ1v) is 5.77. The Balaban J connectivity index is 2.35. The minimum Gasteiger partial charge on any atom is -0.397 e. The fourth-order valence-electron chi connectivity index (χ4n) is 1.89. The molecule has 0 aliphatic heterocycles. The number of hydrogen-bond acceptors (Lipinski definition) is 2. The van der Waals surface area contributed by atoms with Crippen LogP contribution in [0.2, 0.25) is 0 Å². The monoisotopic (exact) mass is 226 g/mol. The SMILES string of the molecule is Cc1ccc(Nc2cccc(C)c2N)c(C)c1. The highest BCUT2D eigenvalue weighted by atomic mass is 14.9. The first kappa shape index (κ1) is 11.5. The van der Waals surface area contributed by atoms with Crippen molar-refractivity contribution >= 4 is 17.1 Å². The summed E-state index contributed by atoms with van der Waals surface area (Å²) in [6.07, 6.45) is 0. The molecular weight excluding hydrogens is 208 g/mol. The molecule has 0 atom stereocenters. The Hall–Kier alpha value is -1.96. The number of benzene rings is 2. The van der Waals surface area contributed by atoms with Gasteiger partial charge >= 0.3 is 0 Å². The Morgan fingerprint density at radius 1 is 0.882 bits per heavy atom. The molecule has 0 aliphatic rings. The van der Waals surface area contributed by atoms with Crippen molar-refractivity contribution < 1.29 is 0 Å². The topological polar surface area (TPSA) is 38.0 Å². The molecule has 0 saturated heterocycles. The number of rotatable bonds is 2. The Kier molecular flexibility index (Phi) is 3.05. The smallest absolute Gasteiger partial charge is 0.0620 e. The summed E-state index contributed by atoms with van der Waals surface area (Å²) in [5.41, 5.74) is 12.5. The van der Waals surface area contributed by atoms with E-state index >= 15 is 0 Å². The van der Waals surface area contributed by atoms with Crippen molar-refractivity contribution in [1.82, 2.24) is 0 Å². The van der Waals surface area contributed by atoms with Gasteiger partial charge in [0.1, 0.15) is 0 Å². The molecule has 2 rings (SSSR count). The molecule has 0 bridgehead atoms. The molecule has 2 nitrogen and oxygen atoms in total. The minimum atomic E-state index is 0.812. The number of anilines is 3. The van der Waals surface area contributed by atoms with Crippen LogP contribution >= 0.6 is 0 Å². The van der Waals surface area contributed by atoms with Crippen LogP contribution in [0.15, 0.2) is 36.4 Å². The molecule has 0 spiro atoms. The Morgan fingerprint density at radius 3 is 2.35 bits per heavy atom. The van der Waals surface area contributed by atoms with E-state index in [0.29, 0.717) is 0 Å². The lowest BCUT2D eigenvalue weighted by atomic mass is 10.1. The van der Waals surface area contributed by atoms with Gasteiger partial charge in [-0.1, -0.05) is 29.8 Å². The van der Waals surface area contributed by atoms with Crippen LogP contribution in [0, 0.1) is 20.8 Å². The fraction of sp³-hybridized carbons (Fsp3) is 0.200. The van der Waals surface area contributed by atoms with Gasteiger partial charge in [0.25, 0.3) is 0 Å². The second-order valence-corrected chi connectivity index (χ2v) is 4.48. The predicted molar refractivity (Wildman–Crippen MR) is 74.8 cm³/mol. The molecule has 2 aromatic rings. The molecule has 17 heavy (non-hydrogen) atoms. The summed E-state index contributed by atoms with van der Waals surface area (Å²) in [6.45, 7) is 6.21. The average Bonchev–Trinajstić information content (AvgIpc) is 2.28. The summed E-state index contributed by atoms with van der Waals surface area (Å²) in [5.74, 6) is 0. The van der Waals surface area contributed by atoms with Crippen molar-refractivity contribution in [2.45, 2.75) is 20.8 Å². The predicted octanol–water partition coefficient (Wildman–Crippen LogP) is 3.94.